The molecule has 4 rings (SSSR count). The molecule has 2 aromatic rings. The van der Waals surface area contributed by atoms with Gasteiger partial charge >= 0.3 is 6.18 Å². The van der Waals surface area contributed by atoms with E-state index in [1.54, 1.807) is 12.1 Å². The first-order valence-corrected chi connectivity index (χ1v) is 12.0. The van der Waals surface area contributed by atoms with Crippen LogP contribution < -0.4 is 20.4 Å². The van der Waals surface area contributed by atoms with Crippen LogP contribution in [0.5, 0.6) is 0 Å². The highest BCUT2D eigenvalue weighted by atomic mass is 19.4. The predicted molar refractivity (Wildman–Crippen MR) is 130 cm³/mol. The number of pyridine rings is 1. The molecule has 198 valence electrons. The monoisotopic (exact) mass is 520 g/mol. The van der Waals surface area contributed by atoms with Crippen molar-refractivity contribution in [3.8, 4) is 6.07 Å². The zero-order valence-corrected chi connectivity index (χ0v) is 20.5. The fraction of sp³-hybridized carbons (Fsp3) is 0.480. The molecule has 2 aliphatic rings. The van der Waals surface area contributed by atoms with E-state index in [0.29, 0.717) is 25.3 Å². The summed E-state index contributed by atoms with van der Waals surface area (Å²) >= 11 is 0. The number of carbonyl (C=O) groups is 1. The molecule has 1 saturated heterocycles. The van der Waals surface area contributed by atoms with Crippen LogP contribution in [0.4, 0.5) is 34.8 Å². The minimum absolute atomic E-state index is 0.0520. The molecule has 0 aliphatic carbocycles. The van der Waals surface area contributed by atoms with Crippen LogP contribution in [0.15, 0.2) is 24.3 Å². The minimum Gasteiger partial charge on any atom is -0.376 e. The summed E-state index contributed by atoms with van der Waals surface area (Å²) in [6.45, 7) is 4.17. The molecule has 0 radical (unpaired) electrons. The maximum absolute atomic E-state index is 15.0. The molecule has 1 aromatic heterocycles. The van der Waals surface area contributed by atoms with Gasteiger partial charge < -0.3 is 25.2 Å². The Morgan fingerprint density at radius 1 is 1.32 bits per heavy atom. The van der Waals surface area contributed by atoms with E-state index in [1.807, 2.05) is 4.90 Å². The first-order valence-electron chi connectivity index (χ1n) is 12.0. The largest absolute Gasteiger partial charge is 0.417 e. The van der Waals surface area contributed by atoms with Crippen molar-refractivity contribution in [1.29, 1.82) is 5.26 Å². The number of anilines is 3. The van der Waals surface area contributed by atoms with Gasteiger partial charge in [-0.15, -0.1) is 0 Å². The third-order valence-corrected chi connectivity index (χ3v) is 6.51. The third-order valence-electron chi connectivity index (χ3n) is 6.51. The second-order valence-electron chi connectivity index (χ2n) is 9.13. The average Bonchev–Trinajstić information content (AvgIpc) is 2.81. The molecule has 12 heteroatoms. The Morgan fingerprint density at radius 2 is 2.08 bits per heavy atom. The Kier molecular flexibility index (Phi) is 7.85. The van der Waals surface area contributed by atoms with Gasteiger partial charge in [0.25, 0.3) is 0 Å². The lowest BCUT2D eigenvalue weighted by molar-refractivity contribution is -0.137. The lowest BCUT2D eigenvalue weighted by atomic mass is 10.0. The smallest absolute Gasteiger partial charge is 0.376 e. The summed E-state index contributed by atoms with van der Waals surface area (Å²) in [5, 5.41) is 15.4. The molecular formula is C25H28F4N6O2. The molecule has 1 atom stereocenters. The van der Waals surface area contributed by atoms with E-state index in [4.69, 9.17) is 4.74 Å². The Hall–Kier alpha value is -3.43. The maximum Gasteiger partial charge on any atom is 0.417 e. The molecule has 0 saturated carbocycles. The van der Waals surface area contributed by atoms with Crippen molar-refractivity contribution in [1.82, 2.24) is 10.3 Å². The number of aromatic nitrogens is 1. The van der Waals surface area contributed by atoms with Crippen LogP contribution in [0.1, 0.15) is 29.7 Å². The Labute approximate surface area is 212 Å². The average molecular weight is 521 g/mol. The topological polar surface area (TPSA) is 93.5 Å². The van der Waals surface area contributed by atoms with Gasteiger partial charge in [-0.25, -0.2) is 9.37 Å². The van der Waals surface area contributed by atoms with Crippen LogP contribution in [0, 0.1) is 24.1 Å². The number of nitrogens with one attached hydrogen (secondary N) is 2. The molecule has 1 amide bonds. The summed E-state index contributed by atoms with van der Waals surface area (Å²) in [6.07, 6.45) is -3.83. The number of amides is 1. The van der Waals surface area contributed by atoms with E-state index in [-0.39, 0.29) is 36.3 Å². The highest BCUT2D eigenvalue weighted by Crippen LogP contribution is 2.37. The Bertz CT molecular complexity index is 1190. The number of aryl methyl sites for hydroxylation is 1. The van der Waals surface area contributed by atoms with Gasteiger partial charge in [-0.3, -0.25) is 4.79 Å². The Balaban J connectivity index is 1.61. The zero-order chi connectivity index (χ0) is 26.7. The second-order valence-corrected chi connectivity index (χ2v) is 9.13. The molecule has 1 aromatic carbocycles. The molecule has 1 fully saturated rings. The van der Waals surface area contributed by atoms with Gasteiger partial charge in [-0.1, -0.05) is 6.07 Å². The number of halogens is 4. The van der Waals surface area contributed by atoms with Crippen LogP contribution >= 0.6 is 0 Å². The summed E-state index contributed by atoms with van der Waals surface area (Å²) in [6, 6.07) is 5.83. The van der Waals surface area contributed by atoms with Crippen LogP contribution in [0.3, 0.4) is 0 Å². The van der Waals surface area contributed by atoms with E-state index in [0.717, 1.165) is 19.2 Å². The number of hydrogen-bond acceptors (Lipinski definition) is 7. The molecule has 8 nitrogen and oxygen atoms in total. The van der Waals surface area contributed by atoms with E-state index < -0.39 is 35.1 Å². The molecule has 0 bridgehead atoms. The number of para-hydroxylation sites is 1. The predicted octanol–water partition coefficient (Wildman–Crippen LogP) is 3.45. The molecule has 3 heterocycles. The number of alkyl halides is 3. The number of nitriles is 1. The Morgan fingerprint density at radius 3 is 2.73 bits per heavy atom. The lowest BCUT2D eigenvalue weighted by Crippen LogP contribution is -2.48. The van der Waals surface area contributed by atoms with Crippen molar-refractivity contribution in [2.45, 2.75) is 38.1 Å². The van der Waals surface area contributed by atoms with Crippen molar-refractivity contribution in [3.05, 3.63) is 46.9 Å². The number of rotatable bonds is 7. The van der Waals surface area contributed by atoms with Crippen molar-refractivity contribution in [2.24, 2.45) is 0 Å². The fourth-order valence-electron chi connectivity index (χ4n) is 4.48. The van der Waals surface area contributed by atoms with Gasteiger partial charge in [-0.2, -0.15) is 18.4 Å². The summed E-state index contributed by atoms with van der Waals surface area (Å²) < 4.78 is 61.5. The summed E-state index contributed by atoms with van der Waals surface area (Å²) in [7, 11) is 1.49. The van der Waals surface area contributed by atoms with E-state index in [9.17, 15) is 27.6 Å². The van der Waals surface area contributed by atoms with Gasteiger partial charge in [0.15, 0.2) is 0 Å². The number of carbonyl (C=O) groups excluding carboxylic acids is 1. The zero-order valence-electron chi connectivity index (χ0n) is 20.5. The van der Waals surface area contributed by atoms with Gasteiger partial charge in [0.1, 0.15) is 29.3 Å². The van der Waals surface area contributed by atoms with Gasteiger partial charge in [0, 0.05) is 45.5 Å². The third kappa shape index (κ3) is 5.78. The first-order chi connectivity index (χ1) is 17.6. The van der Waals surface area contributed by atoms with Gasteiger partial charge in [-0.05, 0) is 38.0 Å². The highest BCUT2D eigenvalue weighted by molar-refractivity contribution is 6.01. The van der Waals surface area contributed by atoms with Gasteiger partial charge in [0.05, 0.1) is 23.0 Å². The molecule has 0 unspecified atom stereocenters. The number of fused-ring (bicyclic) bond motifs is 1. The van der Waals surface area contributed by atoms with Crippen LogP contribution in [0.2, 0.25) is 0 Å². The molecular weight excluding hydrogens is 492 g/mol. The number of hydrogen-bond donors (Lipinski definition) is 2. The second kappa shape index (κ2) is 10.9. The standard InChI is InChI=1S/C25H28F4N6O2/c1-15-11-18(25(27,28)29)17(12-30)23(32-15)33-20-7-9-35(8-4-10-37-16-13-31-14-16)22-19(26)5-3-6-21(22)34(2)24(20)36/h3,5-6,11,16,20,31H,4,7-10,13-14H2,1-2H3,(H,32,33)/t20-/m0/s1. The molecule has 0 spiro atoms. The minimum atomic E-state index is -4.76. The normalized spacial score (nSPS) is 18.5. The number of nitrogens with zero attached hydrogens (tertiary/aromatic N) is 4. The van der Waals surface area contributed by atoms with Crippen molar-refractivity contribution >= 4 is 23.1 Å². The molecule has 2 aliphatic heterocycles. The first kappa shape index (κ1) is 26.6. The fourth-order valence-corrected chi connectivity index (χ4v) is 4.48. The lowest BCUT2D eigenvalue weighted by Gasteiger charge is -2.36. The number of likely N-dealkylation sites (N-methyl/N-ethyl adjacent to an activating group) is 1. The quantitative estimate of drug-likeness (QED) is 0.427. The van der Waals surface area contributed by atoms with Gasteiger partial charge in [0.2, 0.25) is 5.91 Å². The van der Waals surface area contributed by atoms with Crippen LogP contribution in [-0.4, -0.2) is 62.9 Å². The van der Waals surface area contributed by atoms with Crippen molar-refractivity contribution in [3.63, 3.8) is 0 Å². The van der Waals surface area contributed by atoms with Crippen LogP contribution in [0.25, 0.3) is 0 Å². The van der Waals surface area contributed by atoms with E-state index >= 15 is 0 Å². The van der Waals surface area contributed by atoms with Crippen molar-refractivity contribution in [2.75, 3.05) is 55.0 Å². The van der Waals surface area contributed by atoms with E-state index in [2.05, 4.69) is 15.6 Å². The molecule has 2 N–H and O–H groups in total. The summed E-state index contributed by atoms with van der Waals surface area (Å²) in [5.41, 5.74) is -1.12. The number of benzene rings is 1. The van der Waals surface area contributed by atoms with E-state index in [1.165, 1.54) is 31.0 Å². The summed E-state index contributed by atoms with van der Waals surface area (Å²) in [5.74, 6) is -1.27. The summed E-state index contributed by atoms with van der Waals surface area (Å²) in [4.78, 5) is 20.6. The van der Waals surface area contributed by atoms with Crippen molar-refractivity contribution < 1.29 is 27.1 Å². The molecule has 37 heavy (non-hydrogen) atoms. The highest BCUT2D eigenvalue weighted by Gasteiger charge is 2.37. The number of ether oxygens (including phenoxy) is 1. The van der Waals surface area contributed by atoms with Crippen LogP contribution in [-0.2, 0) is 15.7 Å². The SMILES string of the molecule is Cc1cc(C(F)(F)F)c(C#N)c(N[C@H]2CCN(CCCOC3CNC3)c3c(F)cccc3N(C)C2=O)n1. The maximum atomic E-state index is 15.0.